The third kappa shape index (κ3) is 7.00. The number of nitrogens with one attached hydrogen (secondary N) is 1. The Bertz CT molecular complexity index is 1520. The van der Waals surface area contributed by atoms with Crippen LogP contribution in [0.4, 0.5) is 0 Å². The van der Waals surface area contributed by atoms with Crippen LogP contribution in [0, 0.1) is 0 Å². The SMILES string of the molecule is O=C(N/N=C\c1ccc(CN(Cc2ccc(Cl)c(Cl)c2)S(=O)(=O)c2ccc(Cl)cc2)o1)c1ccccc1. The number of hydrogen-bond donors (Lipinski definition) is 1. The van der Waals surface area contributed by atoms with Crippen molar-refractivity contribution in [3.63, 3.8) is 0 Å². The molecule has 1 aromatic heterocycles. The Hall–Kier alpha value is -3.14. The van der Waals surface area contributed by atoms with Gasteiger partial charge in [0.15, 0.2) is 0 Å². The number of sulfonamides is 1. The summed E-state index contributed by atoms with van der Waals surface area (Å²) in [5.74, 6) is 0.334. The van der Waals surface area contributed by atoms with E-state index in [1.54, 1.807) is 54.6 Å². The minimum atomic E-state index is -3.94. The van der Waals surface area contributed by atoms with Gasteiger partial charge in [-0.05, 0) is 66.2 Å². The van der Waals surface area contributed by atoms with Crippen molar-refractivity contribution < 1.29 is 17.6 Å². The zero-order chi connectivity index (χ0) is 26.4. The lowest BCUT2D eigenvalue weighted by atomic mass is 10.2. The molecule has 190 valence electrons. The predicted octanol–water partition coefficient (Wildman–Crippen LogP) is 6.39. The van der Waals surface area contributed by atoms with Crippen molar-refractivity contribution in [1.82, 2.24) is 9.73 Å². The molecule has 0 aliphatic carbocycles. The van der Waals surface area contributed by atoms with Gasteiger partial charge in [0.2, 0.25) is 10.0 Å². The van der Waals surface area contributed by atoms with Gasteiger partial charge in [0.05, 0.1) is 27.7 Å². The molecule has 0 aliphatic heterocycles. The zero-order valence-corrected chi connectivity index (χ0v) is 22.2. The van der Waals surface area contributed by atoms with Crippen molar-refractivity contribution in [2.24, 2.45) is 5.10 Å². The van der Waals surface area contributed by atoms with Gasteiger partial charge >= 0.3 is 0 Å². The molecule has 1 N–H and O–H groups in total. The third-order valence-corrected chi connectivity index (χ3v) is 8.00. The fourth-order valence-corrected chi connectivity index (χ4v) is 5.20. The molecule has 0 saturated carbocycles. The van der Waals surface area contributed by atoms with Crippen LogP contribution in [0.25, 0.3) is 0 Å². The first-order chi connectivity index (χ1) is 17.7. The minimum Gasteiger partial charge on any atom is -0.459 e. The Labute approximate surface area is 229 Å². The number of hydrazone groups is 1. The van der Waals surface area contributed by atoms with Gasteiger partial charge in [-0.25, -0.2) is 13.8 Å². The predicted molar refractivity (Wildman–Crippen MR) is 145 cm³/mol. The highest BCUT2D eigenvalue weighted by atomic mass is 35.5. The minimum absolute atomic E-state index is 0.0130. The van der Waals surface area contributed by atoms with Crippen LogP contribution in [0.1, 0.15) is 27.4 Å². The van der Waals surface area contributed by atoms with Crippen molar-refractivity contribution in [3.05, 3.63) is 123 Å². The van der Waals surface area contributed by atoms with E-state index in [9.17, 15) is 13.2 Å². The van der Waals surface area contributed by atoms with Crippen LogP contribution in [0.3, 0.4) is 0 Å². The second-order valence-corrected chi connectivity index (χ2v) is 11.0. The molecule has 0 atom stereocenters. The van der Waals surface area contributed by atoms with Gasteiger partial charge < -0.3 is 4.42 Å². The van der Waals surface area contributed by atoms with Crippen molar-refractivity contribution in [2.75, 3.05) is 0 Å². The van der Waals surface area contributed by atoms with Gasteiger partial charge in [-0.3, -0.25) is 4.79 Å². The second kappa shape index (κ2) is 11.9. The molecule has 7 nitrogen and oxygen atoms in total. The lowest BCUT2D eigenvalue weighted by Crippen LogP contribution is -2.30. The molecule has 0 radical (unpaired) electrons. The van der Waals surface area contributed by atoms with E-state index in [0.29, 0.717) is 37.7 Å². The summed E-state index contributed by atoms with van der Waals surface area (Å²) >= 11 is 18.1. The van der Waals surface area contributed by atoms with E-state index >= 15 is 0 Å². The molecule has 37 heavy (non-hydrogen) atoms. The summed E-state index contributed by atoms with van der Waals surface area (Å²) in [6.45, 7) is -0.0610. The maximum atomic E-state index is 13.5. The van der Waals surface area contributed by atoms with Gasteiger partial charge in [0.25, 0.3) is 5.91 Å². The molecule has 3 aromatic carbocycles. The molecule has 1 heterocycles. The summed E-state index contributed by atoms with van der Waals surface area (Å²) in [6.07, 6.45) is 1.33. The standard InChI is InChI=1S/C26H20Cl3N3O4S/c27-20-7-11-23(12-8-20)37(34,35)32(16-18-6-13-24(28)25(29)14-18)17-22-10-9-21(36-22)15-30-31-26(33)19-4-2-1-3-5-19/h1-15H,16-17H2,(H,31,33)/b30-15-. The Balaban J connectivity index is 1.53. The fourth-order valence-electron chi connectivity index (χ4n) is 3.35. The van der Waals surface area contributed by atoms with Crippen molar-refractivity contribution >= 4 is 56.9 Å². The van der Waals surface area contributed by atoms with Crippen LogP contribution >= 0.6 is 34.8 Å². The maximum Gasteiger partial charge on any atom is 0.271 e. The molecule has 0 unspecified atom stereocenters. The first-order valence-electron chi connectivity index (χ1n) is 10.9. The van der Waals surface area contributed by atoms with Crippen LogP contribution in [-0.4, -0.2) is 24.8 Å². The lowest BCUT2D eigenvalue weighted by Gasteiger charge is -2.22. The summed E-state index contributed by atoms with van der Waals surface area (Å²) in [4.78, 5) is 12.2. The number of nitrogens with zero attached hydrogens (tertiary/aromatic N) is 2. The van der Waals surface area contributed by atoms with E-state index in [1.165, 1.54) is 34.8 Å². The third-order valence-electron chi connectivity index (χ3n) is 5.20. The summed E-state index contributed by atoms with van der Waals surface area (Å²) < 4.78 is 34.0. The van der Waals surface area contributed by atoms with Crippen molar-refractivity contribution in [3.8, 4) is 0 Å². The van der Waals surface area contributed by atoms with Crippen LogP contribution in [0.15, 0.2) is 99.3 Å². The van der Waals surface area contributed by atoms with E-state index in [1.807, 2.05) is 6.07 Å². The Morgan fingerprint density at radius 1 is 0.892 bits per heavy atom. The van der Waals surface area contributed by atoms with Crippen LogP contribution in [0.5, 0.6) is 0 Å². The topological polar surface area (TPSA) is 92.0 Å². The van der Waals surface area contributed by atoms with Gasteiger partial charge in [-0.15, -0.1) is 0 Å². The summed E-state index contributed by atoms with van der Waals surface area (Å²) in [5, 5.41) is 5.02. The largest absolute Gasteiger partial charge is 0.459 e. The van der Waals surface area contributed by atoms with Gasteiger partial charge in [-0.2, -0.15) is 9.41 Å². The monoisotopic (exact) mass is 575 g/mol. The number of carbonyl (C=O) groups excluding carboxylic acids is 1. The molecular weight excluding hydrogens is 557 g/mol. The summed E-state index contributed by atoms with van der Waals surface area (Å²) in [7, 11) is -3.94. The number of halogens is 3. The first-order valence-corrected chi connectivity index (χ1v) is 13.5. The van der Waals surface area contributed by atoms with Gasteiger partial charge in [0.1, 0.15) is 11.5 Å². The first kappa shape index (κ1) is 26.9. The van der Waals surface area contributed by atoms with Crippen LogP contribution in [0.2, 0.25) is 15.1 Å². The number of furan rings is 1. The molecule has 11 heteroatoms. The van der Waals surface area contributed by atoms with Gasteiger partial charge in [0, 0.05) is 17.1 Å². The second-order valence-electron chi connectivity index (χ2n) is 7.84. The maximum absolute atomic E-state index is 13.5. The van der Waals surface area contributed by atoms with E-state index in [0.717, 1.165) is 0 Å². The normalized spacial score (nSPS) is 11.8. The quantitative estimate of drug-likeness (QED) is 0.184. The molecule has 4 aromatic rings. The highest BCUT2D eigenvalue weighted by Crippen LogP contribution is 2.27. The van der Waals surface area contributed by atoms with E-state index in [2.05, 4.69) is 10.5 Å². The van der Waals surface area contributed by atoms with E-state index < -0.39 is 10.0 Å². The summed E-state index contributed by atoms with van der Waals surface area (Å²) in [5.41, 5.74) is 3.53. The average Bonchev–Trinajstić information content (AvgIpc) is 3.33. The number of rotatable bonds is 9. The molecule has 0 saturated heterocycles. The average molecular weight is 577 g/mol. The molecule has 4 rings (SSSR count). The number of hydrogen-bond acceptors (Lipinski definition) is 5. The molecule has 0 spiro atoms. The highest BCUT2D eigenvalue weighted by molar-refractivity contribution is 7.89. The van der Waals surface area contributed by atoms with Crippen molar-refractivity contribution in [1.29, 1.82) is 0 Å². The Morgan fingerprint density at radius 3 is 2.32 bits per heavy atom. The van der Waals surface area contributed by atoms with Crippen molar-refractivity contribution in [2.45, 2.75) is 18.0 Å². The molecular formula is C26H20Cl3N3O4S. The summed E-state index contributed by atoms with van der Waals surface area (Å²) in [6, 6.07) is 22.7. The lowest BCUT2D eigenvalue weighted by molar-refractivity contribution is 0.0955. The molecule has 0 bridgehead atoms. The van der Waals surface area contributed by atoms with E-state index in [-0.39, 0.29) is 23.9 Å². The van der Waals surface area contributed by atoms with E-state index in [4.69, 9.17) is 39.2 Å². The Morgan fingerprint density at radius 2 is 1.62 bits per heavy atom. The number of benzene rings is 3. The van der Waals surface area contributed by atoms with Crippen LogP contribution in [-0.2, 0) is 23.1 Å². The van der Waals surface area contributed by atoms with Crippen LogP contribution < -0.4 is 5.43 Å². The molecule has 0 aliphatic rings. The number of carbonyl (C=O) groups is 1. The smallest absolute Gasteiger partial charge is 0.271 e. The Kier molecular flexibility index (Phi) is 8.68. The molecule has 0 fully saturated rings. The highest BCUT2D eigenvalue weighted by Gasteiger charge is 2.26. The fraction of sp³-hybridized carbons (Fsp3) is 0.0769. The molecule has 1 amide bonds. The number of amides is 1. The zero-order valence-electron chi connectivity index (χ0n) is 19.1. The van der Waals surface area contributed by atoms with Gasteiger partial charge in [-0.1, -0.05) is 59.1 Å².